The Morgan fingerprint density at radius 3 is 1.68 bits per heavy atom. The fourth-order valence-electron chi connectivity index (χ4n) is 8.86. The molecular formula is C48H37NS. The second-order valence-electron chi connectivity index (χ2n) is 15.0. The van der Waals surface area contributed by atoms with Crippen LogP contribution in [0.4, 0.5) is 17.1 Å². The highest BCUT2D eigenvalue weighted by Crippen LogP contribution is 2.54. The standard InChI is InChI=1S/C48H37NS/c1-47(2)41-19-10-8-15-35(41)37-25-22-32(28-43(37)47)49(31-13-6-5-7-14-31)33-23-26-38-36-24-21-30(27-42(36)48(3,4)44(38)29-33)34-17-12-18-40-39-16-9-11-20-45(39)50-46(34)40/h5-29H,1-4H3. The van der Waals surface area contributed by atoms with E-state index in [9.17, 15) is 0 Å². The zero-order valence-corrected chi connectivity index (χ0v) is 29.6. The number of nitrogens with zero attached hydrogens (tertiary/aromatic N) is 1. The number of hydrogen-bond acceptors (Lipinski definition) is 2. The summed E-state index contributed by atoms with van der Waals surface area (Å²) in [6, 6.07) is 56.6. The topological polar surface area (TPSA) is 3.24 Å². The van der Waals surface area contributed by atoms with Crippen molar-refractivity contribution in [3.63, 3.8) is 0 Å². The molecule has 0 spiro atoms. The van der Waals surface area contributed by atoms with Crippen molar-refractivity contribution in [3.05, 3.63) is 174 Å². The van der Waals surface area contributed by atoms with E-state index in [0.717, 1.165) is 5.69 Å². The molecule has 10 rings (SSSR count). The number of hydrogen-bond donors (Lipinski definition) is 0. The lowest BCUT2D eigenvalue weighted by molar-refractivity contribution is 0.660. The first-order valence-corrected chi connectivity index (χ1v) is 18.4. The Balaban J connectivity index is 1.09. The lowest BCUT2D eigenvalue weighted by Crippen LogP contribution is -2.18. The summed E-state index contributed by atoms with van der Waals surface area (Å²) in [6.45, 7) is 9.51. The molecule has 0 unspecified atom stereocenters. The van der Waals surface area contributed by atoms with Crippen molar-refractivity contribution in [2.24, 2.45) is 0 Å². The summed E-state index contributed by atoms with van der Waals surface area (Å²) >= 11 is 1.90. The molecule has 240 valence electrons. The van der Waals surface area contributed by atoms with Gasteiger partial charge in [-0.1, -0.05) is 131 Å². The highest BCUT2D eigenvalue weighted by Gasteiger charge is 2.38. The summed E-state index contributed by atoms with van der Waals surface area (Å²) in [4.78, 5) is 2.44. The molecule has 0 aliphatic heterocycles. The monoisotopic (exact) mass is 659 g/mol. The van der Waals surface area contributed by atoms with Crippen molar-refractivity contribution < 1.29 is 0 Å². The van der Waals surface area contributed by atoms with E-state index in [1.54, 1.807) is 0 Å². The molecule has 1 aromatic heterocycles. The van der Waals surface area contributed by atoms with Crippen LogP contribution in [0.25, 0.3) is 53.6 Å². The molecule has 2 heteroatoms. The van der Waals surface area contributed by atoms with Gasteiger partial charge in [-0.25, -0.2) is 0 Å². The van der Waals surface area contributed by atoms with Gasteiger partial charge in [-0.2, -0.15) is 0 Å². The van der Waals surface area contributed by atoms with Gasteiger partial charge in [0, 0.05) is 48.1 Å². The van der Waals surface area contributed by atoms with Crippen molar-refractivity contribution in [1.82, 2.24) is 0 Å². The Hall–Kier alpha value is -5.44. The minimum absolute atomic E-state index is 0.0657. The summed E-state index contributed by atoms with van der Waals surface area (Å²) in [5.74, 6) is 0. The van der Waals surface area contributed by atoms with Gasteiger partial charge in [0.15, 0.2) is 0 Å². The van der Waals surface area contributed by atoms with Gasteiger partial charge >= 0.3 is 0 Å². The van der Waals surface area contributed by atoms with E-state index in [1.165, 1.54) is 87.2 Å². The second kappa shape index (κ2) is 10.5. The lowest BCUT2D eigenvalue weighted by Gasteiger charge is -2.29. The first kappa shape index (κ1) is 29.5. The van der Waals surface area contributed by atoms with Crippen LogP contribution >= 0.6 is 11.3 Å². The Bertz CT molecular complexity index is 2660. The van der Waals surface area contributed by atoms with Gasteiger partial charge in [0.25, 0.3) is 0 Å². The molecule has 0 fully saturated rings. The van der Waals surface area contributed by atoms with Gasteiger partial charge in [0.2, 0.25) is 0 Å². The number of anilines is 3. The maximum Gasteiger partial charge on any atom is 0.0465 e. The van der Waals surface area contributed by atoms with Gasteiger partial charge in [0.1, 0.15) is 0 Å². The molecule has 0 amide bonds. The summed E-state index contributed by atoms with van der Waals surface area (Å²) in [7, 11) is 0. The van der Waals surface area contributed by atoms with Crippen LogP contribution in [0.5, 0.6) is 0 Å². The summed E-state index contributed by atoms with van der Waals surface area (Å²) in [5.41, 5.74) is 16.8. The van der Waals surface area contributed by atoms with Crippen LogP contribution < -0.4 is 4.90 Å². The predicted molar refractivity (Wildman–Crippen MR) is 215 cm³/mol. The number of fused-ring (bicyclic) bond motifs is 9. The molecule has 0 saturated heterocycles. The number of benzene rings is 7. The van der Waals surface area contributed by atoms with Crippen LogP contribution in [-0.2, 0) is 10.8 Å². The Kier molecular flexibility index (Phi) is 6.21. The molecule has 2 aliphatic rings. The minimum atomic E-state index is -0.158. The SMILES string of the molecule is CC1(C)c2ccccc2-c2ccc(N(c3ccccc3)c3ccc4c(c3)C(C)(C)c3cc(-c5cccc6c5sc5ccccc56)ccc3-4)cc21. The molecule has 8 aromatic rings. The van der Waals surface area contributed by atoms with E-state index in [4.69, 9.17) is 0 Å². The van der Waals surface area contributed by atoms with Gasteiger partial charge in [-0.05, 0) is 104 Å². The molecule has 0 atom stereocenters. The Morgan fingerprint density at radius 1 is 0.400 bits per heavy atom. The van der Waals surface area contributed by atoms with E-state index in [1.807, 2.05) is 11.3 Å². The third-order valence-corrected chi connectivity index (χ3v) is 12.7. The van der Waals surface area contributed by atoms with Crippen molar-refractivity contribution in [2.75, 3.05) is 4.90 Å². The van der Waals surface area contributed by atoms with Gasteiger partial charge < -0.3 is 4.90 Å². The fraction of sp³-hybridized carbons (Fsp3) is 0.125. The van der Waals surface area contributed by atoms with Crippen LogP contribution in [0, 0.1) is 0 Å². The van der Waals surface area contributed by atoms with E-state index in [0.29, 0.717) is 0 Å². The normalized spacial score (nSPS) is 14.7. The molecule has 2 aliphatic carbocycles. The van der Waals surface area contributed by atoms with Crippen LogP contribution in [-0.4, -0.2) is 0 Å². The quantitative estimate of drug-likeness (QED) is 0.182. The van der Waals surface area contributed by atoms with Crippen LogP contribution in [0.3, 0.4) is 0 Å². The van der Waals surface area contributed by atoms with Gasteiger partial charge in [0.05, 0.1) is 0 Å². The fourth-order valence-corrected chi connectivity index (χ4v) is 10.1. The highest BCUT2D eigenvalue weighted by atomic mass is 32.1. The van der Waals surface area contributed by atoms with Gasteiger partial charge in [-0.15, -0.1) is 11.3 Å². The molecule has 0 radical (unpaired) electrons. The highest BCUT2D eigenvalue weighted by molar-refractivity contribution is 7.26. The smallest absolute Gasteiger partial charge is 0.0465 e. The Labute approximate surface area is 298 Å². The first-order valence-electron chi connectivity index (χ1n) is 17.6. The summed E-state index contributed by atoms with van der Waals surface area (Å²) < 4.78 is 2.71. The molecule has 0 N–H and O–H groups in total. The first-order chi connectivity index (χ1) is 24.3. The average molecular weight is 660 g/mol. The molecule has 1 nitrogen and oxygen atoms in total. The largest absolute Gasteiger partial charge is 0.310 e. The zero-order valence-electron chi connectivity index (χ0n) is 28.8. The third kappa shape index (κ3) is 4.12. The van der Waals surface area contributed by atoms with E-state index in [-0.39, 0.29) is 10.8 Å². The van der Waals surface area contributed by atoms with E-state index >= 15 is 0 Å². The van der Waals surface area contributed by atoms with E-state index < -0.39 is 0 Å². The average Bonchev–Trinajstić information content (AvgIpc) is 3.72. The van der Waals surface area contributed by atoms with Crippen LogP contribution in [0.15, 0.2) is 152 Å². The third-order valence-electron chi connectivity index (χ3n) is 11.5. The summed E-state index contributed by atoms with van der Waals surface area (Å²) in [5, 5.41) is 2.69. The van der Waals surface area contributed by atoms with Crippen molar-refractivity contribution >= 4 is 48.6 Å². The Morgan fingerprint density at radius 2 is 0.940 bits per heavy atom. The molecule has 7 aromatic carbocycles. The van der Waals surface area contributed by atoms with E-state index in [2.05, 4.69) is 184 Å². The molecule has 0 saturated carbocycles. The lowest BCUT2D eigenvalue weighted by atomic mass is 9.81. The van der Waals surface area contributed by atoms with Crippen molar-refractivity contribution in [2.45, 2.75) is 38.5 Å². The van der Waals surface area contributed by atoms with Crippen molar-refractivity contribution in [3.8, 4) is 33.4 Å². The molecule has 0 bridgehead atoms. The molecule has 50 heavy (non-hydrogen) atoms. The van der Waals surface area contributed by atoms with Gasteiger partial charge in [-0.3, -0.25) is 0 Å². The number of para-hydroxylation sites is 1. The number of rotatable bonds is 4. The zero-order chi connectivity index (χ0) is 33.8. The predicted octanol–water partition coefficient (Wildman–Crippen LogP) is 13.8. The van der Waals surface area contributed by atoms with Crippen molar-refractivity contribution in [1.29, 1.82) is 0 Å². The van der Waals surface area contributed by atoms with Crippen LogP contribution in [0.2, 0.25) is 0 Å². The van der Waals surface area contributed by atoms with Crippen LogP contribution in [0.1, 0.15) is 49.9 Å². The molecular weight excluding hydrogens is 623 g/mol. The molecule has 1 heterocycles. The number of thiophene rings is 1. The second-order valence-corrected chi connectivity index (χ2v) is 16.0. The summed E-state index contributed by atoms with van der Waals surface area (Å²) in [6.07, 6.45) is 0. The maximum atomic E-state index is 2.46. The maximum absolute atomic E-state index is 2.46. The minimum Gasteiger partial charge on any atom is -0.310 e.